The van der Waals surface area contributed by atoms with E-state index in [2.05, 4.69) is 50.2 Å². The topological polar surface area (TPSA) is 36.9 Å². The molecule has 0 N–H and O–H groups in total. The van der Waals surface area contributed by atoms with E-state index < -0.39 is 8.60 Å². The second-order valence-electron chi connectivity index (χ2n) is 7.78. The van der Waals surface area contributed by atoms with Crippen molar-refractivity contribution in [1.82, 2.24) is 0 Å². The number of hydrogen-bond acceptors (Lipinski definition) is 4. The van der Waals surface area contributed by atoms with Gasteiger partial charge in [0.05, 0.1) is 20.3 Å². The summed E-state index contributed by atoms with van der Waals surface area (Å²) in [5.41, 5.74) is 7.50. The Balaban J connectivity index is 2.03. The predicted octanol–water partition coefficient (Wildman–Crippen LogP) is 7.30. The first-order valence-corrected chi connectivity index (χ1v) is 12.1. The number of methoxy groups -OCH3 is 1. The van der Waals surface area contributed by atoms with Gasteiger partial charge in [0.25, 0.3) is 0 Å². The fourth-order valence-corrected chi connectivity index (χ4v) is 5.67. The molecule has 1 aliphatic carbocycles. The van der Waals surface area contributed by atoms with Crippen LogP contribution in [0.25, 0.3) is 21.9 Å². The maximum Gasteiger partial charge on any atom is 0.397 e. The summed E-state index contributed by atoms with van der Waals surface area (Å²) in [7, 11) is 0.256. The zero-order chi connectivity index (χ0) is 22.0. The first-order valence-electron chi connectivity index (χ1n) is 11.1. The Bertz CT molecular complexity index is 1090. The van der Waals surface area contributed by atoms with Crippen molar-refractivity contribution in [3.63, 3.8) is 0 Å². The molecule has 3 aromatic carbocycles. The summed E-state index contributed by atoms with van der Waals surface area (Å²) in [6, 6.07) is 12.6. The van der Waals surface area contributed by atoms with Crippen molar-refractivity contribution in [3.8, 4) is 22.6 Å². The molecule has 3 aromatic rings. The van der Waals surface area contributed by atoms with Crippen molar-refractivity contribution in [2.75, 3.05) is 20.3 Å². The molecule has 0 fully saturated rings. The van der Waals surface area contributed by atoms with E-state index in [1.165, 1.54) is 34.1 Å². The van der Waals surface area contributed by atoms with Gasteiger partial charge >= 0.3 is 8.60 Å². The smallest absolute Gasteiger partial charge is 0.397 e. The van der Waals surface area contributed by atoms with Crippen molar-refractivity contribution in [2.45, 2.75) is 47.0 Å². The molecule has 0 bridgehead atoms. The molecule has 5 heteroatoms. The van der Waals surface area contributed by atoms with Crippen LogP contribution in [-0.2, 0) is 21.9 Å². The van der Waals surface area contributed by atoms with E-state index in [0.717, 1.165) is 40.9 Å². The summed E-state index contributed by atoms with van der Waals surface area (Å²) in [6.07, 6.45) is 3.37. The summed E-state index contributed by atoms with van der Waals surface area (Å²) in [5.74, 6) is 1.71. The van der Waals surface area contributed by atoms with Gasteiger partial charge in [-0.1, -0.05) is 30.3 Å². The molecule has 0 radical (unpaired) electrons. The highest BCUT2D eigenvalue weighted by molar-refractivity contribution is 7.42. The molecular weight excluding hydrogens is 407 g/mol. The number of benzene rings is 3. The quantitative estimate of drug-likeness (QED) is 0.346. The highest BCUT2D eigenvalue weighted by Crippen LogP contribution is 2.52. The van der Waals surface area contributed by atoms with E-state index in [1.807, 2.05) is 13.8 Å². The third-order valence-corrected chi connectivity index (χ3v) is 7.33. The first kappa shape index (κ1) is 22.1. The SMILES string of the molecule is CCOP(OCC)Oc1c(C)c2c(c(C)c1-c1c(OC)ccc3ccccc13)CCC2. The van der Waals surface area contributed by atoms with Gasteiger partial charge in [-0.05, 0) is 86.1 Å². The Morgan fingerprint density at radius 3 is 2.19 bits per heavy atom. The average molecular weight is 439 g/mol. The summed E-state index contributed by atoms with van der Waals surface area (Å²) in [6.45, 7) is 9.41. The molecule has 0 saturated heterocycles. The molecule has 164 valence electrons. The number of hydrogen-bond donors (Lipinski definition) is 0. The second-order valence-corrected chi connectivity index (χ2v) is 8.93. The van der Waals surface area contributed by atoms with E-state index in [4.69, 9.17) is 18.3 Å². The van der Waals surface area contributed by atoms with Crippen LogP contribution >= 0.6 is 8.60 Å². The normalized spacial score (nSPS) is 13.1. The summed E-state index contributed by atoms with van der Waals surface area (Å²) in [4.78, 5) is 0. The lowest BCUT2D eigenvalue weighted by molar-refractivity contribution is 0.221. The van der Waals surface area contributed by atoms with Gasteiger partial charge in [-0.3, -0.25) is 0 Å². The molecule has 0 unspecified atom stereocenters. The van der Waals surface area contributed by atoms with E-state index in [-0.39, 0.29) is 0 Å². The molecule has 0 heterocycles. The largest absolute Gasteiger partial charge is 0.496 e. The van der Waals surface area contributed by atoms with Gasteiger partial charge in [0, 0.05) is 11.1 Å². The maximum absolute atomic E-state index is 6.53. The number of rotatable bonds is 8. The lowest BCUT2D eigenvalue weighted by Gasteiger charge is -2.25. The van der Waals surface area contributed by atoms with Crippen LogP contribution in [0.4, 0.5) is 0 Å². The standard InChI is InChI=1S/C26H31O4P/c1-6-28-31(29-7-2)30-26-18(4)21-14-10-13-20(21)17(3)24(26)25-22-12-9-8-11-19(22)15-16-23(25)27-5/h8-9,11-12,15-16H,6-7,10,13-14H2,1-5H3. The fourth-order valence-electron chi connectivity index (χ4n) is 4.69. The van der Waals surface area contributed by atoms with Crippen LogP contribution < -0.4 is 9.26 Å². The average Bonchev–Trinajstić information content (AvgIpc) is 3.28. The van der Waals surface area contributed by atoms with Crippen LogP contribution in [0.3, 0.4) is 0 Å². The summed E-state index contributed by atoms with van der Waals surface area (Å²) >= 11 is 0. The van der Waals surface area contributed by atoms with Crippen molar-refractivity contribution in [2.24, 2.45) is 0 Å². The van der Waals surface area contributed by atoms with Gasteiger partial charge in [0.2, 0.25) is 0 Å². The van der Waals surface area contributed by atoms with E-state index in [0.29, 0.717) is 13.2 Å². The van der Waals surface area contributed by atoms with Gasteiger partial charge in [-0.15, -0.1) is 0 Å². The molecule has 0 aliphatic heterocycles. The van der Waals surface area contributed by atoms with Crippen LogP contribution in [0.2, 0.25) is 0 Å². The fraction of sp³-hybridized carbons (Fsp3) is 0.385. The molecule has 0 atom stereocenters. The van der Waals surface area contributed by atoms with Gasteiger partial charge in [0.1, 0.15) is 11.5 Å². The summed E-state index contributed by atoms with van der Waals surface area (Å²) in [5, 5.41) is 2.34. The van der Waals surface area contributed by atoms with Crippen molar-refractivity contribution >= 4 is 19.4 Å². The van der Waals surface area contributed by atoms with Crippen molar-refractivity contribution in [1.29, 1.82) is 0 Å². The minimum atomic E-state index is -1.48. The van der Waals surface area contributed by atoms with Gasteiger partial charge in [-0.25, -0.2) is 0 Å². The van der Waals surface area contributed by atoms with Crippen molar-refractivity contribution in [3.05, 3.63) is 58.7 Å². The Hall–Kier alpha value is -2.13. The van der Waals surface area contributed by atoms with Gasteiger partial charge in [0.15, 0.2) is 0 Å². The van der Waals surface area contributed by atoms with Gasteiger partial charge in [-0.2, -0.15) is 0 Å². The molecule has 0 aromatic heterocycles. The third kappa shape index (κ3) is 4.05. The van der Waals surface area contributed by atoms with Crippen LogP contribution in [0.1, 0.15) is 42.5 Å². The molecule has 31 heavy (non-hydrogen) atoms. The zero-order valence-electron chi connectivity index (χ0n) is 19.1. The molecule has 0 amide bonds. The number of ether oxygens (including phenoxy) is 1. The molecule has 4 nitrogen and oxygen atoms in total. The third-order valence-electron chi connectivity index (χ3n) is 6.06. The second kappa shape index (κ2) is 9.56. The minimum Gasteiger partial charge on any atom is -0.496 e. The highest BCUT2D eigenvalue weighted by atomic mass is 31.2. The minimum absolute atomic E-state index is 0.543. The van der Waals surface area contributed by atoms with E-state index in [1.54, 1.807) is 7.11 Å². The van der Waals surface area contributed by atoms with E-state index >= 15 is 0 Å². The highest BCUT2D eigenvalue weighted by Gasteiger charge is 2.29. The predicted molar refractivity (Wildman–Crippen MR) is 128 cm³/mol. The van der Waals surface area contributed by atoms with Crippen LogP contribution in [0.5, 0.6) is 11.5 Å². The first-order chi connectivity index (χ1) is 15.1. The molecule has 0 spiro atoms. The van der Waals surface area contributed by atoms with Crippen molar-refractivity contribution < 1.29 is 18.3 Å². The van der Waals surface area contributed by atoms with E-state index in [9.17, 15) is 0 Å². The lowest BCUT2D eigenvalue weighted by Crippen LogP contribution is -2.05. The molecule has 4 rings (SSSR count). The number of fused-ring (bicyclic) bond motifs is 2. The Morgan fingerprint density at radius 1 is 0.839 bits per heavy atom. The Kier molecular flexibility index (Phi) is 6.81. The Morgan fingerprint density at radius 2 is 1.52 bits per heavy atom. The molecule has 0 saturated carbocycles. The molecular formula is C26H31O4P. The van der Waals surface area contributed by atoms with Gasteiger partial charge < -0.3 is 18.3 Å². The lowest BCUT2D eigenvalue weighted by atomic mass is 9.87. The maximum atomic E-state index is 6.53. The van der Waals surface area contributed by atoms with Crippen LogP contribution in [0, 0.1) is 13.8 Å². The Labute approximate surface area is 186 Å². The monoisotopic (exact) mass is 438 g/mol. The zero-order valence-corrected chi connectivity index (χ0v) is 20.0. The van der Waals surface area contributed by atoms with Crippen LogP contribution in [0.15, 0.2) is 36.4 Å². The molecule has 1 aliphatic rings. The summed E-state index contributed by atoms with van der Waals surface area (Å²) < 4.78 is 24.0. The van der Waals surface area contributed by atoms with Crippen LogP contribution in [-0.4, -0.2) is 20.3 Å².